The minimum absolute atomic E-state index is 0.125. The van der Waals surface area contributed by atoms with Crippen LogP contribution in [0, 0.1) is 5.82 Å². The Kier molecular flexibility index (Phi) is 4.28. The molecule has 0 radical (unpaired) electrons. The van der Waals surface area contributed by atoms with Gasteiger partial charge in [0.1, 0.15) is 5.82 Å². The van der Waals surface area contributed by atoms with Crippen molar-refractivity contribution in [2.75, 3.05) is 0 Å². The van der Waals surface area contributed by atoms with Gasteiger partial charge in [-0.1, -0.05) is 33.6 Å². The second-order valence-corrected chi connectivity index (χ2v) is 7.34. The number of benzene rings is 2. The summed E-state index contributed by atoms with van der Waals surface area (Å²) in [6.45, 7) is 0. The van der Waals surface area contributed by atoms with Crippen LogP contribution in [-0.4, -0.2) is 8.42 Å². The van der Waals surface area contributed by atoms with Crippen LogP contribution in [0.25, 0.3) is 0 Å². The SMILES string of the molecule is O=S(=O)(Cc1cc(F)cc(Br)c1)c1cccc(Cl)c1. The van der Waals surface area contributed by atoms with Crippen LogP contribution in [0.4, 0.5) is 4.39 Å². The van der Waals surface area contributed by atoms with E-state index in [1.165, 1.54) is 24.3 Å². The van der Waals surface area contributed by atoms with Crippen molar-refractivity contribution in [1.29, 1.82) is 0 Å². The van der Waals surface area contributed by atoms with Crippen LogP contribution >= 0.6 is 27.5 Å². The van der Waals surface area contributed by atoms with E-state index in [0.29, 0.717) is 15.1 Å². The molecule has 0 atom stereocenters. The molecule has 19 heavy (non-hydrogen) atoms. The van der Waals surface area contributed by atoms with E-state index < -0.39 is 15.7 Å². The van der Waals surface area contributed by atoms with Gasteiger partial charge >= 0.3 is 0 Å². The molecular formula is C13H9BrClFO2S. The molecule has 0 heterocycles. The van der Waals surface area contributed by atoms with Gasteiger partial charge in [-0.15, -0.1) is 0 Å². The van der Waals surface area contributed by atoms with Gasteiger partial charge in [-0.3, -0.25) is 0 Å². The van der Waals surface area contributed by atoms with Crippen LogP contribution in [0.5, 0.6) is 0 Å². The Labute approximate surface area is 124 Å². The molecule has 0 aromatic heterocycles. The molecule has 100 valence electrons. The minimum atomic E-state index is -3.54. The van der Waals surface area contributed by atoms with Crippen LogP contribution in [0.3, 0.4) is 0 Å². The predicted molar refractivity (Wildman–Crippen MR) is 76.4 cm³/mol. The molecule has 0 aliphatic heterocycles. The van der Waals surface area contributed by atoms with E-state index >= 15 is 0 Å². The van der Waals surface area contributed by atoms with Crippen LogP contribution in [-0.2, 0) is 15.6 Å². The van der Waals surface area contributed by atoms with Crippen LogP contribution in [0.2, 0.25) is 5.02 Å². The van der Waals surface area contributed by atoms with Crippen LogP contribution in [0.15, 0.2) is 51.8 Å². The van der Waals surface area contributed by atoms with Crippen LogP contribution in [0.1, 0.15) is 5.56 Å². The maximum atomic E-state index is 13.2. The summed E-state index contributed by atoms with van der Waals surface area (Å²) in [5.41, 5.74) is 0.381. The zero-order valence-corrected chi connectivity index (χ0v) is 12.8. The van der Waals surface area contributed by atoms with Gasteiger partial charge in [0.15, 0.2) is 9.84 Å². The van der Waals surface area contributed by atoms with E-state index in [-0.39, 0.29) is 10.6 Å². The Bertz CT molecular complexity index is 696. The highest BCUT2D eigenvalue weighted by molar-refractivity contribution is 9.10. The number of hydrogen-bond donors (Lipinski definition) is 0. The Balaban J connectivity index is 2.36. The monoisotopic (exact) mass is 362 g/mol. The Morgan fingerprint density at radius 2 is 1.89 bits per heavy atom. The first-order chi connectivity index (χ1) is 8.87. The van der Waals surface area contributed by atoms with Crippen molar-refractivity contribution < 1.29 is 12.8 Å². The topological polar surface area (TPSA) is 34.1 Å². The number of rotatable bonds is 3. The average Bonchev–Trinajstić information content (AvgIpc) is 2.26. The largest absolute Gasteiger partial charge is 0.223 e. The lowest BCUT2D eigenvalue weighted by Gasteiger charge is -2.06. The molecule has 0 N–H and O–H groups in total. The third-order valence-corrected chi connectivity index (χ3v) is 4.81. The highest BCUT2D eigenvalue weighted by Gasteiger charge is 2.16. The van der Waals surface area contributed by atoms with Gasteiger partial charge < -0.3 is 0 Å². The summed E-state index contributed by atoms with van der Waals surface area (Å²) >= 11 is 8.90. The highest BCUT2D eigenvalue weighted by Crippen LogP contribution is 2.22. The lowest BCUT2D eigenvalue weighted by molar-refractivity contribution is 0.594. The van der Waals surface area contributed by atoms with E-state index in [0.717, 1.165) is 0 Å². The first-order valence-electron chi connectivity index (χ1n) is 5.30. The van der Waals surface area contributed by atoms with E-state index in [1.54, 1.807) is 18.2 Å². The van der Waals surface area contributed by atoms with Gasteiger partial charge in [0, 0.05) is 9.50 Å². The van der Waals surface area contributed by atoms with Crippen molar-refractivity contribution >= 4 is 37.4 Å². The van der Waals surface area contributed by atoms with Crippen molar-refractivity contribution in [2.45, 2.75) is 10.6 Å². The molecule has 0 unspecified atom stereocenters. The molecule has 2 rings (SSSR count). The van der Waals surface area contributed by atoms with E-state index in [2.05, 4.69) is 15.9 Å². The quantitative estimate of drug-likeness (QED) is 0.818. The lowest BCUT2D eigenvalue weighted by atomic mass is 10.2. The number of hydrogen-bond acceptors (Lipinski definition) is 2. The van der Waals surface area contributed by atoms with Crippen molar-refractivity contribution in [3.8, 4) is 0 Å². The van der Waals surface area contributed by atoms with Crippen molar-refractivity contribution in [1.82, 2.24) is 0 Å². The normalized spacial score (nSPS) is 11.5. The zero-order valence-electron chi connectivity index (χ0n) is 9.61. The fourth-order valence-electron chi connectivity index (χ4n) is 1.66. The summed E-state index contributed by atoms with van der Waals surface area (Å²) in [5, 5.41) is 0.349. The van der Waals surface area contributed by atoms with E-state index in [9.17, 15) is 12.8 Å². The molecule has 0 aliphatic rings. The van der Waals surface area contributed by atoms with Crippen LogP contribution < -0.4 is 0 Å². The molecule has 0 amide bonds. The molecule has 0 spiro atoms. The lowest BCUT2D eigenvalue weighted by Crippen LogP contribution is -2.05. The third kappa shape index (κ3) is 3.78. The van der Waals surface area contributed by atoms with Gasteiger partial charge in [0.2, 0.25) is 0 Å². The molecular weight excluding hydrogens is 355 g/mol. The molecule has 0 aliphatic carbocycles. The Morgan fingerprint density at radius 1 is 1.16 bits per heavy atom. The van der Waals surface area contributed by atoms with Gasteiger partial charge in [-0.25, -0.2) is 12.8 Å². The number of halogens is 3. The zero-order chi connectivity index (χ0) is 14.0. The Hall–Kier alpha value is -0.910. The fraction of sp³-hybridized carbons (Fsp3) is 0.0769. The van der Waals surface area contributed by atoms with Gasteiger partial charge in [0.05, 0.1) is 10.6 Å². The first kappa shape index (κ1) is 14.5. The molecule has 0 saturated carbocycles. The summed E-state index contributed by atoms with van der Waals surface area (Å²) in [6, 6.07) is 10.1. The second kappa shape index (κ2) is 5.61. The molecule has 0 bridgehead atoms. The summed E-state index contributed by atoms with van der Waals surface area (Å²) in [5.74, 6) is -0.755. The summed E-state index contributed by atoms with van der Waals surface area (Å²) in [6.07, 6.45) is 0. The van der Waals surface area contributed by atoms with Gasteiger partial charge in [0.25, 0.3) is 0 Å². The molecule has 6 heteroatoms. The standard InChI is InChI=1S/C13H9BrClFO2S/c14-10-4-9(5-12(16)6-10)8-19(17,18)13-3-1-2-11(15)7-13/h1-7H,8H2. The third-order valence-electron chi connectivity index (χ3n) is 2.43. The molecule has 2 aromatic carbocycles. The van der Waals surface area contributed by atoms with E-state index in [4.69, 9.17) is 11.6 Å². The average molecular weight is 364 g/mol. The molecule has 2 nitrogen and oxygen atoms in total. The summed E-state index contributed by atoms with van der Waals surface area (Å²) < 4.78 is 38.1. The molecule has 2 aromatic rings. The van der Waals surface area contributed by atoms with E-state index in [1.807, 2.05) is 0 Å². The van der Waals surface area contributed by atoms with Gasteiger partial charge in [-0.05, 0) is 42.0 Å². The first-order valence-corrected chi connectivity index (χ1v) is 8.12. The number of sulfone groups is 1. The predicted octanol–water partition coefficient (Wildman–Crippen LogP) is 4.22. The maximum absolute atomic E-state index is 13.2. The fourth-order valence-corrected chi connectivity index (χ4v) is 3.79. The van der Waals surface area contributed by atoms with Crippen molar-refractivity contribution in [2.24, 2.45) is 0 Å². The summed E-state index contributed by atoms with van der Waals surface area (Å²) in [4.78, 5) is 0.125. The molecule has 0 saturated heterocycles. The highest BCUT2D eigenvalue weighted by atomic mass is 79.9. The van der Waals surface area contributed by atoms with Crippen molar-refractivity contribution in [3.05, 3.63) is 63.3 Å². The molecule has 0 fully saturated rings. The second-order valence-electron chi connectivity index (χ2n) is 3.99. The van der Waals surface area contributed by atoms with Gasteiger partial charge in [-0.2, -0.15) is 0 Å². The minimum Gasteiger partial charge on any atom is -0.223 e. The Morgan fingerprint density at radius 3 is 2.53 bits per heavy atom. The van der Waals surface area contributed by atoms with Crippen molar-refractivity contribution in [3.63, 3.8) is 0 Å². The maximum Gasteiger partial charge on any atom is 0.182 e. The summed E-state index contributed by atoms with van der Waals surface area (Å²) in [7, 11) is -3.54. The smallest absolute Gasteiger partial charge is 0.182 e.